The number of carboxylic acid groups (broad SMARTS) is 2. The highest BCUT2D eigenvalue weighted by Gasteiger charge is 2.35. The second-order valence-electron chi connectivity index (χ2n) is 13.3. The second kappa shape index (κ2) is 25.3. The van der Waals surface area contributed by atoms with Crippen molar-refractivity contribution in [3.63, 3.8) is 0 Å². The molecule has 7 atom stereocenters. The van der Waals surface area contributed by atoms with Crippen LogP contribution in [0.1, 0.15) is 51.6 Å². The first kappa shape index (κ1) is 50.0. The van der Waals surface area contributed by atoms with Gasteiger partial charge in [-0.25, -0.2) is 9.78 Å². The number of aliphatic carboxylic acids is 2. The zero-order chi connectivity index (χ0) is 44.1. The number of hydrogen-bond acceptors (Lipinski definition) is 14. The van der Waals surface area contributed by atoms with Crippen LogP contribution in [0.2, 0.25) is 0 Å². The summed E-state index contributed by atoms with van der Waals surface area (Å²) in [5.74, 6) is -11.1. The molecule has 0 saturated heterocycles. The number of carboxylic acids is 2. The van der Waals surface area contributed by atoms with Crippen LogP contribution in [0.5, 0.6) is 0 Å². The third-order valence-electron chi connectivity index (χ3n) is 7.92. The van der Waals surface area contributed by atoms with Gasteiger partial charge in [0.1, 0.15) is 36.3 Å². The molecule has 1 aromatic rings. The minimum absolute atomic E-state index is 0.0854. The van der Waals surface area contributed by atoms with Crippen molar-refractivity contribution in [1.82, 2.24) is 41.9 Å². The number of aromatic nitrogens is 2. The van der Waals surface area contributed by atoms with Gasteiger partial charge in [-0.15, -0.1) is 0 Å². The Labute approximate surface area is 337 Å². The van der Waals surface area contributed by atoms with Crippen molar-refractivity contribution in [2.24, 2.45) is 33.8 Å². The van der Waals surface area contributed by atoms with E-state index in [1.807, 2.05) is 0 Å². The Morgan fingerprint density at radius 1 is 0.759 bits per heavy atom. The lowest BCUT2D eigenvalue weighted by Crippen LogP contribution is -2.61. The third kappa shape index (κ3) is 18.7. The maximum absolute atomic E-state index is 13.7. The van der Waals surface area contributed by atoms with E-state index in [-0.39, 0.29) is 43.4 Å². The lowest BCUT2D eigenvalue weighted by atomic mass is 10.0. The molecule has 0 aromatic carbocycles. The molecular formula is C32H53N13O12S. The first-order valence-corrected chi connectivity index (χ1v) is 18.4. The molecule has 0 unspecified atom stereocenters. The molecule has 0 saturated carbocycles. The molecule has 324 valence electrons. The molecule has 25 nitrogen and oxygen atoms in total. The van der Waals surface area contributed by atoms with Gasteiger partial charge in [0.15, 0.2) is 5.96 Å². The van der Waals surface area contributed by atoms with Gasteiger partial charge in [-0.3, -0.25) is 43.3 Å². The summed E-state index contributed by atoms with van der Waals surface area (Å²) in [6.07, 6.45) is 0.850. The lowest BCUT2D eigenvalue weighted by molar-refractivity contribution is -0.144. The normalized spacial score (nSPS) is 14.5. The number of hydrogen-bond donors (Lipinski definition) is 15. The SMILES string of the molecule is CC(C)C[C@H](NC(=O)[C@H](CC(=O)O)NC(=O)[C@H](Cc1cnc[nH]1)NC(=O)[C@H](CS)NC(=O)[C@H](CO)NC(=O)[C@@H](N)CCCN=C(N)N)C(=O)N[C@@H](CC(N)=O)C(=O)O. The predicted molar refractivity (Wildman–Crippen MR) is 206 cm³/mol. The maximum atomic E-state index is 13.7. The first-order chi connectivity index (χ1) is 27.2. The highest BCUT2D eigenvalue weighted by Crippen LogP contribution is 2.09. The third-order valence-corrected chi connectivity index (χ3v) is 8.28. The number of H-pyrrole nitrogens is 1. The smallest absolute Gasteiger partial charge is 0.326 e. The Balaban J connectivity index is 3.21. The van der Waals surface area contributed by atoms with Gasteiger partial charge in [0, 0.05) is 30.6 Å². The highest BCUT2D eigenvalue weighted by molar-refractivity contribution is 7.80. The van der Waals surface area contributed by atoms with Crippen LogP contribution in [0.4, 0.5) is 0 Å². The van der Waals surface area contributed by atoms with Gasteiger partial charge in [0.05, 0.1) is 31.8 Å². The molecule has 1 heterocycles. The number of rotatable bonds is 27. The molecule has 0 spiro atoms. The zero-order valence-electron chi connectivity index (χ0n) is 31.8. The number of carbonyl (C=O) groups is 9. The summed E-state index contributed by atoms with van der Waals surface area (Å²) in [6, 6.07) is -10.8. The van der Waals surface area contributed by atoms with E-state index in [0.29, 0.717) is 12.1 Å². The number of nitrogens with two attached hydrogens (primary N) is 4. The van der Waals surface area contributed by atoms with E-state index in [9.17, 15) is 58.5 Å². The van der Waals surface area contributed by atoms with Crippen molar-refractivity contribution >= 4 is 71.9 Å². The van der Waals surface area contributed by atoms with E-state index in [1.165, 1.54) is 12.5 Å². The summed E-state index contributed by atoms with van der Waals surface area (Å²) < 4.78 is 0. The Hall–Kier alpha value is -6.02. The van der Waals surface area contributed by atoms with Gasteiger partial charge in [-0.2, -0.15) is 12.6 Å². The molecular weight excluding hydrogens is 790 g/mol. The van der Waals surface area contributed by atoms with E-state index in [2.05, 4.69) is 59.5 Å². The van der Waals surface area contributed by atoms with E-state index >= 15 is 0 Å². The number of imidazole rings is 1. The number of nitrogens with one attached hydrogen (secondary N) is 7. The number of primary amides is 1. The average Bonchev–Trinajstić information content (AvgIpc) is 3.65. The van der Waals surface area contributed by atoms with E-state index in [4.69, 9.17) is 22.9 Å². The number of thiol groups is 1. The second-order valence-corrected chi connectivity index (χ2v) is 13.7. The van der Waals surface area contributed by atoms with Gasteiger partial charge in [-0.05, 0) is 25.2 Å². The van der Waals surface area contributed by atoms with Crippen LogP contribution in [0.3, 0.4) is 0 Å². The van der Waals surface area contributed by atoms with E-state index in [0.717, 1.165) is 0 Å². The van der Waals surface area contributed by atoms with Gasteiger partial charge in [-0.1, -0.05) is 13.8 Å². The molecule has 58 heavy (non-hydrogen) atoms. The minimum Gasteiger partial charge on any atom is -0.481 e. The lowest BCUT2D eigenvalue weighted by Gasteiger charge is -2.27. The van der Waals surface area contributed by atoms with Crippen molar-refractivity contribution < 1.29 is 58.5 Å². The molecule has 0 bridgehead atoms. The Morgan fingerprint density at radius 2 is 1.28 bits per heavy atom. The van der Waals surface area contributed by atoms with Crippen LogP contribution in [-0.4, -0.2) is 146 Å². The van der Waals surface area contributed by atoms with Crippen LogP contribution >= 0.6 is 12.6 Å². The topological polar surface area (TPSA) is 432 Å². The summed E-state index contributed by atoms with van der Waals surface area (Å²) >= 11 is 4.10. The zero-order valence-corrected chi connectivity index (χ0v) is 32.7. The molecule has 18 N–H and O–H groups in total. The molecule has 1 aromatic heterocycles. The number of aliphatic hydroxyl groups excluding tert-OH is 1. The molecule has 7 amide bonds. The molecule has 0 fully saturated rings. The van der Waals surface area contributed by atoms with E-state index < -0.39 is 115 Å². The van der Waals surface area contributed by atoms with Crippen LogP contribution in [0.25, 0.3) is 0 Å². The van der Waals surface area contributed by atoms with Crippen LogP contribution in [0.15, 0.2) is 17.5 Å². The van der Waals surface area contributed by atoms with E-state index in [1.54, 1.807) is 13.8 Å². The Morgan fingerprint density at radius 3 is 1.79 bits per heavy atom. The van der Waals surface area contributed by atoms with Crippen LogP contribution < -0.4 is 54.8 Å². The van der Waals surface area contributed by atoms with Crippen molar-refractivity contribution in [3.8, 4) is 0 Å². The highest BCUT2D eigenvalue weighted by atomic mass is 32.1. The molecule has 0 aliphatic rings. The van der Waals surface area contributed by atoms with Gasteiger partial charge >= 0.3 is 11.9 Å². The van der Waals surface area contributed by atoms with Gasteiger partial charge < -0.3 is 75.1 Å². The number of aromatic amines is 1. The van der Waals surface area contributed by atoms with Crippen molar-refractivity contribution in [2.75, 3.05) is 18.9 Å². The van der Waals surface area contributed by atoms with Gasteiger partial charge in [0.2, 0.25) is 41.4 Å². The molecule has 26 heteroatoms. The summed E-state index contributed by atoms with van der Waals surface area (Å²) in [5.41, 5.74) is 21.7. The average molecular weight is 844 g/mol. The van der Waals surface area contributed by atoms with Crippen LogP contribution in [-0.2, 0) is 49.6 Å². The number of carbonyl (C=O) groups excluding carboxylic acids is 7. The Bertz CT molecular complexity index is 1620. The number of nitrogens with zero attached hydrogens (tertiary/aromatic N) is 2. The summed E-state index contributed by atoms with van der Waals surface area (Å²) in [7, 11) is 0. The maximum Gasteiger partial charge on any atom is 0.326 e. The number of aliphatic hydroxyl groups is 1. The quantitative estimate of drug-likeness (QED) is 0.0169. The minimum atomic E-state index is -1.86. The molecule has 1 rings (SSSR count). The molecule has 0 aliphatic heterocycles. The van der Waals surface area contributed by atoms with Crippen molar-refractivity contribution in [3.05, 3.63) is 18.2 Å². The summed E-state index contributed by atoms with van der Waals surface area (Å²) in [5, 5.41) is 42.5. The van der Waals surface area contributed by atoms with Gasteiger partial charge in [0.25, 0.3) is 0 Å². The fourth-order valence-corrected chi connectivity index (χ4v) is 5.25. The standard InChI is InChI=1S/C32H53N13O12S/c1-14(2)6-17(26(51)43-20(31(56)57)8-23(34)47)40-28(53)19(9-24(48)49)42-27(52)18(7-15-10-37-13-39-15)41-30(55)22(12-58)45-29(54)21(11-46)44-25(50)16(33)4-3-5-38-32(35)36/h10,13-14,16-22,46,58H,3-9,11-12,33H2,1-2H3,(H2,34,47)(H,37,39)(H,40,53)(H,41,55)(H,42,52)(H,43,51)(H,44,50)(H,45,54)(H,48,49)(H,56,57)(H4,35,36,38)/t16-,17-,18-,19-,20-,21-,22-/m0/s1. The number of guanidine groups is 1. The number of amides is 7. The first-order valence-electron chi connectivity index (χ1n) is 17.7. The van der Waals surface area contributed by atoms with Crippen molar-refractivity contribution in [1.29, 1.82) is 0 Å². The summed E-state index contributed by atoms with van der Waals surface area (Å²) in [6.45, 7) is 2.62. The van der Waals surface area contributed by atoms with Crippen LogP contribution in [0, 0.1) is 5.92 Å². The Kier molecular flexibility index (Phi) is 21.8. The number of aliphatic imine (C=N–C) groups is 1. The largest absolute Gasteiger partial charge is 0.481 e. The monoisotopic (exact) mass is 843 g/mol. The fraction of sp³-hybridized carbons (Fsp3) is 0.594. The summed E-state index contributed by atoms with van der Waals surface area (Å²) in [4.78, 5) is 124. The van der Waals surface area contributed by atoms with Crippen molar-refractivity contribution in [2.45, 2.75) is 94.7 Å². The predicted octanol–water partition coefficient (Wildman–Crippen LogP) is -6.36. The molecule has 0 radical (unpaired) electrons. The molecule has 0 aliphatic carbocycles. The fourth-order valence-electron chi connectivity index (χ4n) is 4.99.